The summed E-state index contributed by atoms with van der Waals surface area (Å²) >= 11 is 0. The lowest BCUT2D eigenvalue weighted by Crippen LogP contribution is -2.35. The smallest absolute Gasteiger partial charge is 0.255 e. The van der Waals surface area contributed by atoms with Gasteiger partial charge in [0.25, 0.3) is 5.91 Å². The summed E-state index contributed by atoms with van der Waals surface area (Å²) in [7, 11) is 0. The molecule has 1 unspecified atom stereocenters. The van der Waals surface area contributed by atoms with Crippen LogP contribution >= 0.6 is 0 Å². The van der Waals surface area contributed by atoms with E-state index in [0.29, 0.717) is 53.4 Å². The van der Waals surface area contributed by atoms with Gasteiger partial charge in [-0.15, -0.1) is 0 Å². The van der Waals surface area contributed by atoms with Crippen molar-refractivity contribution in [3.8, 4) is 0 Å². The van der Waals surface area contributed by atoms with E-state index in [1.165, 1.54) is 23.5 Å². The Morgan fingerprint density at radius 3 is 2.55 bits per heavy atom. The number of carbonyl (C=O) groups excluding carboxylic acids is 3. The zero-order chi connectivity index (χ0) is 31.1. The minimum absolute atomic E-state index is 0.0160. The first-order valence-corrected chi connectivity index (χ1v) is 15.4. The number of rotatable bonds is 11. The highest BCUT2D eigenvalue weighted by atomic mass is 16.2. The quantitative estimate of drug-likeness (QED) is 0.255. The molecule has 228 valence electrons. The fourth-order valence-electron chi connectivity index (χ4n) is 5.77. The molecule has 44 heavy (non-hydrogen) atoms. The predicted molar refractivity (Wildman–Crippen MR) is 174 cm³/mol. The van der Waals surface area contributed by atoms with Crippen molar-refractivity contribution in [1.29, 1.82) is 0 Å². The number of hydrogen-bond acceptors (Lipinski definition) is 7. The molecule has 9 heteroatoms. The number of nitrogens with two attached hydrogens (primary N) is 1. The second-order valence-corrected chi connectivity index (χ2v) is 11.4. The number of benzene rings is 2. The highest BCUT2D eigenvalue weighted by molar-refractivity contribution is 6.08. The lowest BCUT2D eigenvalue weighted by Gasteiger charge is -2.26. The van der Waals surface area contributed by atoms with Gasteiger partial charge < -0.3 is 21.3 Å². The van der Waals surface area contributed by atoms with Crippen LogP contribution in [0.25, 0.3) is 6.08 Å². The number of aliphatic imine (C=N–C) groups is 1. The normalized spacial score (nSPS) is 15.6. The van der Waals surface area contributed by atoms with Crippen LogP contribution in [-0.4, -0.2) is 52.4 Å². The third-order valence-electron chi connectivity index (χ3n) is 8.01. The van der Waals surface area contributed by atoms with Gasteiger partial charge in [0.1, 0.15) is 5.84 Å². The fourth-order valence-corrected chi connectivity index (χ4v) is 5.77. The van der Waals surface area contributed by atoms with E-state index in [1.807, 2.05) is 17.0 Å². The Morgan fingerprint density at radius 1 is 1.00 bits per heavy atom. The molecule has 9 nitrogen and oxygen atoms in total. The van der Waals surface area contributed by atoms with Crippen molar-refractivity contribution in [3.63, 3.8) is 0 Å². The van der Waals surface area contributed by atoms with Crippen molar-refractivity contribution >= 4 is 40.9 Å². The van der Waals surface area contributed by atoms with Crippen molar-refractivity contribution in [2.75, 3.05) is 18.4 Å². The Kier molecular flexibility index (Phi) is 9.96. The molecule has 0 fully saturated rings. The average Bonchev–Trinajstić information content (AvgIpc) is 3.20. The molecule has 0 radical (unpaired) electrons. The van der Waals surface area contributed by atoms with E-state index in [4.69, 9.17) is 5.73 Å². The van der Waals surface area contributed by atoms with Crippen LogP contribution in [0.2, 0.25) is 0 Å². The van der Waals surface area contributed by atoms with Crippen LogP contribution in [0.1, 0.15) is 83.4 Å². The molecule has 5 rings (SSSR count). The van der Waals surface area contributed by atoms with Gasteiger partial charge in [0.15, 0.2) is 5.78 Å². The van der Waals surface area contributed by atoms with Crippen LogP contribution in [0.5, 0.6) is 0 Å². The van der Waals surface area contributed by atoms with Crippen molar-refractivity contribution < 1.29 is 14.4 Å². The van der Waals surface area contributed by atoms with Crippen LogP contribution in [0.15, 0.2) is 71.5 Å². The topological polar surface area (TPSA) is 130 Å². The second kappa shape index (κ2) is 14.2. The molecule has 1 aromatic heterocycles. The number of amidine groups is 1. The van der Waals surface area contributed by atoms with Crippen molar-refractivity contribution in [3.05, 3.63) is 94.3 Å². The highest BCUT2D eigenvalue weighted by Crippen LogP contribution is 2.29. The van der Waals surface area contributed by atoms with Crippen molar-refractivity contribution in [2.45, 2.75) is 65.0 Å². The molecule has 2 amide bonds. The molecule has 2 aliphatic rings. The number of ketones is 1. The second-order valence-electron chi connectivity index (χ2n) is 11.4. The van der Waals surface area contributed by atoms with Crippen LogP contribution in [0.3, 0.4) is 0 Å². The van der Waals surface area contributed by atoms with Crippen molar-refractivity contribution in [2.24, 2.45) is 10.7 Å². The number of carbonyl (C=O) groups is 3. The van der Waals surface area contributed by atoms with Gasteiger partial charge in [0.2, 0.25) is 5.91 Å². The van der Waals surface area contributed by atoms with Gasteiger partial charge in [-0.05, 0) is 61.1 Å². The van der Waals surface area contributed by atoms with Crippen LogP contribution in [0, 0.1) is 0 Å². The number of Topliss-reactive ketones (excluding diaryl/α,β-unsaturated/α-hetero) is 1. The predicted octanol–water partition coefficient (Wildman–Crippen LogP) is 5.44. The zero-order valence-corrected chi connectivity index (χ0v) is 25.4. The Labute approximate surface area is 258 Å². The van der Waals surface area contributed by atoms with Crippen LogP contribution < -0.4 is 16.4 Å². The zero-order valence-electron chi connectivity index (χ0n) is 25.4. The summed E-state index contributed by atoms with van der Waals surface area (Å²) in [6.45, 7) is 6.27. The average molecular weight is 593 g/mol. The monoisotopic (exact) mass is 592 g/mol. The van der Waals surface area contributed by atoms with Gasteiger partial charge in [0, 0.05) is 67.0 Å². The number of hydrogen-bond donors (Lipinski definition) is 3. The summed E-state index contributed by atoms with van der Waals surface area (Å²) in [5.74, 6) is -0.0991. The first kappa shape index (κ1) is 30.8. The van der Waals surface area contributed by atoms with Gasteiger partial charge in [-0.1, -0.05) is 44.2 Å². The van der Waals surface area contributed by atoms with E-state index in [-0.39, 0.29) is 30.1 Å². The molecular formula is C35H40N6O3. The maximum atomic E-state index is 13.3. The van der Waals surface area contributed by atoms with Crippen molar-refractivity contribution in [1.82, 2.24) is 15.2 Å². The summed E-state index contributed by atoms with van der Waals surface area (Å²) in [5.41, 5.74) is 12.0. The van der Waals surface area contributed by atoms with Gasteiger partial charge in [-0.25, -0.2) is 4.99 Å². The molecule has 2 aliphatic heterocycles. The molecule has 2 aromatic carbocycles. The molecule has 0 bridgehead atoms. The van der Waals surface area contributed by atoms with Gasteiger partial charge >= 0.3 is 0 Å². The number of nitrogens with zero attached hydrogens (tertiary/aromatic N) is 3. The van der Waals surface area contributed by atoms with E-state index in [2.05, 4.69) is 52.7 Å². The molecule has 4 N–H and O–H groups in total. The third-order valence-corrected chi connectivity index (χ3v) is 8.01. The third kappa shape index (κ3) is 7.47. The lowest BCUT2D eigenvalue weighted by molar-refractivity contribution is -0.127. The Balaban J connectivity index is 1.24. The first-order chi connectivity index (χ1) is 21.3. The summed E-state index contributed by atoms with van der Waals surface area (Å²) in [6, 6.07) is 15.4. The Bertz CT molecular complexity index is 1610. The summed E-state index contributed by atoms with van der Waals surface area (Å²) in [4.78, 5) is 50.0. The summed E-state index contributed by atoms with van der Waals surface area (Å²) in [5, 5.41) is 6.38. The van der Waals surface area contributed by atoms with E-state index >= 15 is 0 Å². The summed E-state index contributed by atoms with van der Waals surface area (Å²) in [6.07, 6.45) is 8.88. The first-order valence-electron chi connectivity index (χ1n) is 15.4. The number of nitrogens with one attached hydrogen (secondary N) is 2. The standard InChI is InChI=1S/C35H40N6O3/c1-3-13-41(14-4-2)35(44)27-15-24-9-10-25(18-31(24)40-33(36)19-27)34(43)39-30-17-28(20-37-22-30)32(42)12-11-29-16-23-7-5-6-8-26(23)21-38-29/h5-10,15,17-18,20,22,29,38H,3-4,11-14,16,19,21H2,1-2H3,(H2,36,40)(H,39,43). The Hall–Kier alpha value is -4.63. The molecule has 3 aromatic rings. The van der Waals surface area contributed by atoms with Crippen LogP contribution in [-0.2, 0) is 17.8 Å². The molecule has 0 saturated heterocycles. The van der Waals surface area contributed by atoms with E-state index in [1.54, 1.807) is 24.3 Å². The van der Waals surface area contributed by atoms with E-state index in [9.17, 15) is 14.4 Å². The van der Waals surface area contributed by atoms with Gasteiger partial charge in [-0.2, -0.15) is 0 Å². The fraction of sp³-hybridized carbons (Fsp3) is 0.343. The SMILES string of the molecule is CCCN(CCC)C(=O)C1=Cc2ccc(C(=O)Nc3cncc(C(=O)CCC4Cc5ccccc5CN4)c3)cc2N=C(N)C1. The number of aromatic nitrogens is 1. The number of pyridine rings is 1. The molecule has 0 saturated carbocycles. The molecule has 0 aliphatic carbocycles. The lowest BCUT2D eigenvalue weighted by atomic mass is 9.92. The Morgan fingerprint density at radius 2 is 1.77 bits per heavy atom. The highest BCUT2D eigenvalue weighted by Gasteiger charge is 2.22. The van der Waals surface area contributed by atoms with Gasteiger partial charge in [-0.3, -0.25) is 19.4 Å². The molecule has 3 heterocycles. The molecule has 1 atom stereocenters. The number of amides is 2. The van der Waals surface area contributed by atoms with E-state index in [0.717, 1.165) is 37.8 Å². The molecule has 0 spiro atoms. The number of anilines is 1. The minimum Gasteiger partial charge on any atom is -0.387 e. The largest absolute Gasteiger partial charge is 0.387 e. The minimum atomic E-state index is -0.361. The number of fused-ring (bicyclic) bond motifs is 2. The summed E-state index contributed by atoms with van der Waals surface area (Å²) < 4.78 is 0. The van der Waals surface area contributed by atoms with E-state index < -0.39 is 0 Å². The van der Waals surface area contributed by atoms with Gasteiger partial charge in [0.05, 0.1) is 17.6 Å². The molecular weight excluding hydrogens is 552 g/mol. The van der Waals surface area contributed by atoms with Crippen LogP contribution in [0.4, 0.5) is 11.4 Å². The maximum absolute atomic E-state index is 13.3. The maximum Gasteiger partial charge on any atom is 0.255 e.